The summed E-state index contributed by atoms with van der Waals surface area (Å²) in [6.07, 6.45) is 3.75. The van der Waals surface area contributed by atoms with E-state index in [2.05, 4.69) is 15.8 Å². The van der Waals surface area contributed by atoms with Gasteiger partial charge in [0.25, 0.3) is 15.9 Å². The maximum atomic E-state index is 12.5. The second-order valence-electron chi connectivity index (χ2n) is 5.80. The molecule has 0 saturated carbocycles. The summed E-state index contributed by atoms with van der Waals surface area (Å²) in [4.78, 5) is 27.9. The number of carbonyl (C=O) groups is 2. The Hall–Kier alpha value is -2.30. The molecule has 0 aliphatic carbocycles. The summed E-state index contributed by atoms with van der Waals surface area (Å²) in [5, 5.41) is 1.72. The number of hydrogen-bond donors (Lipinski definition) is 2. The highest BCUT2D eigenvalue weighted by Gasteiger charge is 2.32. The number of piperidine rings is 1. The molecule has 3 heterocycles. The number of aromatic nitrogens is 1. The molecule has 1 saturated heterocycles. The van der Waals surface area contributed by atoms with Gasteiger partial charge >= 0.3 is 0 Å². The number of nitrogens with zero attached hydrogens (tertiary/aromatic N) is 2. The molecule has 10 heteroatoms. The summed E-state index contributed by atoms with van der Waals surface area (Å²) in [7, 11) is -3.49. The zero-order valence-corrected chi connectivity index (χ0v) is 15.4. The average Bonchev–Trinajstić information content (AvgIpc) is 3.22. The maximum absolute atomic E-state index is 12.5. The zero-order valence-electron chi connectivity index (χ0n) is 13.8. The number of rotatable bonds is 4. The first kappa shape index (κ1) is 18.5. The van der Waals surface area contributed by atoms with E-state index >= 15 is 0 Å². The quantitative estimate of drug-likeness (QED) is 0.752. The first-order valence-electron chi connectivity index (χ1n) is 8.02. The third kappa shape index (κ3) is 4.09. The molecular formula is C16H18N4O4S2. The van der Waals surface area contributed by atoms with Crippen LogP contribution in [-0.2, 0) is 14.8 Å². The number of sulfonamides is 1. The van der Waals surface area contributed by atoms with Gasteiger partial charge in [-0.05, 0) is 36.4 Å². The summed E-state index contributed by atoms with van der Waals surface area (Å²) in [5.74, 6) is -1.13. The van der Waals surface area contributed by atoms with Crippen molar-refractivity contribution in [1.82, 2.24) is 20.1 Å². The lowest BCUT2D eigenvalue weighted by Crippen LogP contribution is -2.48. The molecule has 8 nitrogen and oxygen atoms in total. The lowest BCUT2D eigenvalue weighted by Gasteiger charge is -2.30. The molecule has 2 aromatic rings. The van der Waals surface area contributed by atoms with Gasteiger partial charge in [0.15, 0.2) is 0 Å². The van der Waals surface area contributed by atoms with Gasteiger partial charge in [-0.3, -0.25) is 25.4 Å². The van der Waals surface area contributed by atoms with Crippen molar-refractivity contribution in [2.45, 2.75) is 17.1 Å². The molecule has 2 aromatic heterocycles. The molecule has 0 spiro atoms. The minimum Gasteiger partial charge on any atom is -0.273 e. The van der Waals surface area contributed by atoms with Crippen LogP contribution in [0.3, 0.4) is 0 Å². The van der Waals surface area contributed by atoms with Crippen LogP contribution < -0.4 is 10.9 Å². The molecule has 1 aliphatic heterocycles. The fourth-order valence-corrected chi connectivity index (χ4v) is 5.30. The minimum absolute atomic E-state index is 0.273. The lowest BCUT2D eigenvalue weighted by atomic mass is 9.98. The van der Waals surface area contributed by atoms with Crippen LogP contribution in [0.2, 0.25) is 0 Å². The Bertz CT molecular complexity index is 861. The SMILES string of the molecule is O=C(NNC(=O)C1CCN(S(=O)(=O)c2cccs2)CC1)c1cccnc1. The fraction of sp³-hybridized carbons (Fsp3) is 0.312. The molecule has 0 radical (unpaired) electrons. The van der Waals surface area contributed by atoms with Gasteiger partial charge in [0.2, 0.25) is 5.91 Å². The van der Waals surface area contributed by atoms with Crippen molar-refractivity contribution in [1.29, 1.82) is 0 Å². The smallest absolute Gasteiger partial charge is 0.271 e. The number of carbonyl (C=O) groups excluding carboxylic acids is 2. The topological polar surface area (TPSA) is 108 Å². The fourth-order valence-electron chi connectivity index (χ4n) is 2.69. The molecule has 0 aromatic carbocycles. The van der Waals surface area contributed by atoms with Crippen LogP contribution in [-0.4, -0.2) is 42.6 Å². The molecule has 0 atom stereocenters. The van der Waals surface area contributed by atoms with E-state index < -0.39 is 15.9 Å². The van der Waals surface area contributed by atoms with Crippen LogP contribution in [0.5, 0.6) is 0 Å². The van der Waals surface area contributed by atoms with Crippen LogP contribution in [0.25, 0.3) is 0 Å². The zero-order chi connectivity index (χ0) is 18.6. The van der Waals surface area contributed by atoms with Crippen molar-refractivity contribution in [3.63, 3.8) is 0 Å². The molecule has 2 N–H and O–H groups in total. The summed E-state index contributed by atoms with van der Waals surface area (Å²) in [6.45, 7) is 0.545. The highest BCUT2D eigenvalue weighted by Crippen LogP contribution is 2.26. The molecule has 0 unspecified atom stereocenters. The van der Waals surface area contributed by atoms with Gasteiger partial charge in [0, 0.05) is 31.4 Å². The number of pyridine rings is 1. The molecule has 0 bridgehead atoms. The van der Waals surface area contributed by atoms with Crippen LogP contribution in [0.4, 0.5) is 0 Å². The first-order valence-corrected chi connectivity index (χ1v) is 10.3. The number of hydrogen-bond acceptors (Lipinski definition) is 6. The number of amides is 2. The summed E-state index contributed by atoms with van der Waals surface area (Å²) < 4.78 is 26.6. The van der Waals surface area contributed by atoms with Gasteiger partial charge in [0.1, 0.15) is 4.21 Å². The number of nitrogens with one attached hydrogen (secondary N) is 2. The summed E-state index contributed by atoms with van der Waals surface area (Å²) in [6, 6.07) is 6.48. The van der Waals surface area contributed by atoms with E-state index in [-0.39, 0.29) is 24.9 Å². The van der Waals surface area contributed by atoms with Crippen LogP contribution in [0.15, 0.2) is 46.2 Å². The Labute approximate surface area is 155 Å². The normalized spacial score (nSPS) is 16.2. The molecule has 3 rings (SSSR count). The predicted molar refractivity (Wildman–Crippen MR) is 95.6 cm³/mol. The van der Waals surface area contributed by atoms with Crippen LogP contribution >= 0.6 is 11.3 Å². The van der Waals surface area contributed by atoms with Gasteiger partial charge in [-0.15, -0.1) is 11.3 Å². The van der Waals surface area contributed by atoms with E-state index in [0.29, 0.717) is 22.6 Å². The number of hydrazine groups is 1. The lowest BCUT2D eigenvalue weighted by molar-refractivity contribution is -0.126. The first-order chi connectivity index (χ1) is 12.5. The van der Waals surface area contributed by atoms with E-state index in [1.807, 2.05) is 0 Å². The molecule has 138 valence electrons. The third-order valence-electron chi connectivity index (χ3n) is 4.14. The monoisotopic (exact) mass is 394 g/mol. The van der Waals surface area contributed by atoms with E-state index in [1.54, 1.807) is 35.8 Å². The van der Waals surface area contributed by atoms with Crippen molar-refractivity contribution in [3.05, 3.63) is 47.6 Å². The summed E-state index contributed by atoms with van der Waals surface area (Å²) in [5.41, 5.74) is 5.09. The van der Waals surface area contributed by atoms with Gasteiger partial charge in [-0.25, -0.2) is 8.42 Å². The Balaban J connectivity index is 1.50. The van der Waals surface area contributed by atoms with E-state index in [4.69, 9.17) is 0 Å². The second kappa shape index (κ2) is 7.94. The largest absolute Gasteiger partial charge is 0.273 e. The Kier molecular flexibility index (Phi) is 5.64. The van der Waals surface area contributed by atoms with Gasteiger partial charge < -0.3 is 0 Å². The molecule has 26 heavy (non-hydrogen) atoms. The highest BCUT2D eigenvalue weighted by molar-refractivity contribution is 7.91. The molecule has 1 aliphatic rings. The average molecular weight is 394 g/mol. The van der Waals surface area contributed by atoms with Gasteiger partial charge in [0.05, 0.1) is 5.56 Å². The standard InChI is InChI=1S/C16H18N4O4S2/c21-15(18-19-16(22)13-3-1-7-17-11-13)12-5-8-20(9-6-12)26(23,24)14-4-2-10-25-14/h1-4,7,10-12H,5-6,8-9H2,(H,18,21)(H,19,22). The van der Waals surface area contributed by atoms with Crippen molar-refractivity contribution in [2.75, 3.05) is 13.1 Å². The molecular weight excluding hydrogens is 376 g/mol. The summed E-state index contributed by atoms with van der Waals surface area (Å²) >= 11 is 1.18. The highest BCUT2D eigenvalue weighted by atomic mass is 32.2. The van der Waals surface area contributed by atoms with Crippen molar-refractivity contribution in [3.8, 4) is 0 Å². The van der Waals surface area contributed by atoms with E-state index in [1.165, 1.54) is 21.8 Å². The Morgan fingerprint density at radius 1 is 1.15 bits per heavy atom. The van der Waals surface area contributed by atoms with Crippen molar-refractivity contribution >= 4 is 33.2 Å². The van der Waals surface area contributed by atoms with Crippen LogP contribution in [0, 0.1) is 5.92 Å². The van der Waals surface area contributed by atoms with Crippen molar-refractivity contribution in [2.24, 2.45) is 5.92 Å². The Morgan fingerprint density at radius 3 is 2.54 bits per heavy atom. The van der Waals surface area contributed by atoms with Crippen LogP contribution in [0.1, 0.15) is 23.2 Å². The Morgan fingerprint density at radius 2 is 1.92 bits per heavy atom. The third-order valence-corrected chi connectivity index (χ3v) is 7.41. The van der Waals surface area contributed by atoms with E-state index in [9.17, 15) is 18.0 Å². The van der Waals surface area contributed by atoms with Gasteiger partial charge in [-0.1, -0.05) is 6.07 Å². The minimum atomic E-state index is -3.49. The number of thiophene rings is 1. The predicted octanol–water partition coefficient (Wildman–Crippen LogP) is 1.00. The van der Waals surface area contributed by atoms with Gasteiger partial charge in [-0.2, -0.15) is 4.31 Å². The van der Waals surface area contributed by atoms with Crippen molar-refractivity contribution < 1.29 is 18.0 Å². The van der Waals surface area contributed by atoms with E-state index in [0.717, 1.165) is 0 Å². The molecule has 2 amide bonds. The second-order valence-corrected chi connectivity index (χ2v) is 8.91. The maximum Gasteiger partial charge on any atom is 0.271 e. The molecule has 1 fully saturated rings.